The first-order chi connectivity index (χ1) is 15.1. The van der Waals surface area contributed by atoms with Gasteiger partial charge in [-0.1, -0.05) is 84.1 Å². The molecule has 0 bridgehead atoms. The minimum Gasteiger partial charge on any atom is -0.203 e. The topological polar surface area (TPSA) is 25.8 Å². The maximum atomic E-state index is 14.7. The van der Waals surface area contributed by atoms with Crippen LogP contribution in [0.3, 0.4) is 0 Å². The van der Waals surface area contributed by atoms with Gasteiger partial charge in [0, 0.05) is 5.56 Å². The van der Waals surface area contributed by atoms with Crippen molar-refractivity contribution >= 4 is 0 Å². The standard InChI is InChI=1S/C27H38F2N2/c1-3-5-6-7-9-20-10-12-21(13-11-20)14-15-22-16-18-24(27(29)26(22)28)25-19-17-23(8-4-2)30-31-25/h16-21H,3-15H2,1-2H3. The molecule has 1 saturated carbocycles. The minimum absolute atomic E-state index is 0.195. The van der Waals surface area contributed by atoms with E-state index >= 15 is 0 Å². The van der Waals surface area contributed by atoms with Gasteiger partial charge in [0.15, 0.2) is 11.6 Å². The van der Waals surface area contributed by atoms with E-state index in [0.717, 1.165) is 30.9 Å². The van der Waals surface area contributed by atoms with Crippen molar-refractivity contribution in [2.45, 2.75) is 97.3 Å². The van der Waals surface area contributed by atoms with Crippen molar-refractivity contribution in [1.82, 2.24) is 10.2 Å². The Balaban J connectivity index is 1.51. The Kier molecular flexibility index (Phi) is 9.42. The molecule has 1 aliphatic rings. The van der Waals surface area contributed by atoms with Gasteiger partial charge in [0.05, 0.1) is 11.4 Å². The third kappa shape index (κ3) is 6.82. The molecule has 0 amide bonds. The zero-order chi connectivity index (χ0) is 22.1. The van der Waals surface area contributed by atoms with E-state index in [0.29, 0.717) is 23.6 Å². The lowest BCUT2D eigenvalue weighted by atomic mass is 9.77. The Bertz CT molecular complexity index is 796. The van der Waals surface area contributed by atoms with Crippen molar-refractivity contribution in [3.8, 4) is 11.3 Å². The summed E-state index contributed by atoms with van der Waals surface area (Å²) >= 11 is 0. The summed E-state index contributed by atoms with van der Waals surface area (Å²) in [4.78, 5) is 0. The van der Waals surface area contributed by atoms with Gasteiger partial charge in [-0.15, -0.1) is 0 Å². The minimum atomic E-state index is -0.800. The number of aryl methyl sites for hydroxylation is 2. The van der Waals surface area contributed by atoms with Crippen LogP contribution >= 0.6 is 0 Å². The molecule has 3 rings (SSSR count). The predicted octanol–water partition coefficient (Wildman–Crippen LogP) is 8.08. The van der Waals surface area contributed by atoms with Crippen molar-refractivity contribution in [3.05, 3.63) is 47.2 Å². The largest absolute Gasteiger partial charge is 0.203 e. The van der Waals surface area contributed by atoms with Crippen LogP contribution in [0.2, 0.25) is 0 Å². The molecule has 1 aliphatic carbocycles. The van der Waals surface area contributed by atoms with Crippen LogP contribution in [-0.4, -0.2) is 10.2 Å². The lowest BCUT2D eigenvalue weighted by molar-refractivity contribution is 0.248. The van der Waals surface area contributed by atoms with Gasteiger partial charge >= 0.3 is 0 Å². The van der Waals surface area contributed by atoms with Crippen LogP contribution in [0.1, 0.15) is 95.7 Å². The van der Waals surface area contributed by atoms with Gasteiger partial charge in [-0.25, -0.2) is 8.78 Å². The van der Waals surface area contributed by atoms with E-state index in [1.807, 2.05) is 6.07 Å². The molecule has 1 aromatic heterocycles. The molecule has 0 radical (unpaired) electrons. The first-order valence-electron chi connectivity index (χ1n) is 12.4. The summed E-state index contributed by atoms with van der Waals surface area (Å²) in [6.07, 6.45) is 15.2. The Morgan fingerprint density at radius 2 is 1.48 bits per heavy atom. The van der Waals surface area contributed by atoms with Crippen LogP contribution in [0.15, 0.2) is 24.3 Å². The van der Waals surface area contributed by atoms with Crippen LogP contribution in [0, 0.1) is 23.5 Å². The van der Waals surface area contributed by atoms with Crippen molar-refractivity contribution < 1.29 is 8.78 Å². The molecular formula is C27H38F2N2. The molecule has 2 nitrogen and oxygen atoms in total. The zero-order valence-electron chi connectivity index (χ0n) is 19.3. The normalized spacial score (nSPS) is 19.0. The predicted molar refractivity (Wildman–Crippen MR) is 124 cm³/mol. The van der Waals surface area contributed by atoms with Gasteiger partial charge in [-0.2, -0.15) is 10.2 Å². The highest BCUT2D eigenvalue weighted by molar-refractivity contribution is 5.60. The molecule has 0 N–H and O–H groups in total. The van der Waals surface area contributed by atoms with E-state index in [9.17, 15) is 8.78 Å². The van der Waals surface area contributed by atoms with Crippen molar-refractivity contribution in [2.75, 3.05) is 0 Å². The summed E-state index contributed by atoms with van der Waals surface area (Å²) in [6.45, 7) is 4.33. The highest BCUT2D eigenvalue weighted by Gasteiger charge is 2.22. The number of hydrogen-bond donors (Lipinski definition) is 0. The lowest BCUT2D eigenvalue weighted by Crippen LogP contribution is -2.15. The third-order valence-electron chi connectivity index (χ3n) is 6.92. The van der Waals surface area contributed by atoms with Crippen LogP contribution in [-0.2, 0) is 12.8 Å². The number of nitrogens with zero attached hydrogens (tertiary/aromatic N) is 2. The molecular weight excluding hydrogens is 390 g/mol. The maximum absolute atomic E-state index is 14.7. The number of halogens is 2. The van der Waals surface area contributed by atoms with E-state index in [1.165, 1.54) is 57.8 Å². The molecule has 2 aromatic rings. The molecule has 4 heteroatoms. The average molecular weight is 429 g/mol. The van der Waals surface area contributed by atoms with Crippen LogP contribution in [0.25, 0.3) is 11.3 Å². The van der Waals surface area contributed by atoms with Gasteiger partial charge < -0.3 is 0 Å². The molecule has 1 heterocycles. The van der Waals surface area contributed by atoms with Crippen LogP contribution < -0.4 is 0 Å². The van der Waals surface area contributed by atoms with Crippen LogP contribution in [0.4, 0.5) is 8.78 Å². The fourth-order valence-electron chi connectivity index (χ4n) is 4.90. The molecule has 1 fully saturated rings. The number of hydrogen-bond acceptors (Lipinski definition) is 2. The zero-order valence-corrected chi connectivity index (χ0v) is 19.3. The summed E-state index contributed by atoms with van der Waals surface area (Å²) in [5.74, 6) is 0.00442. The molecule has 0 unspecified atom stereocenters. The van der Waals surface area contributed by atoms with E-state index in [2.05, 4.69) is 24.0 Å². The van der Waals surface area contributed by atoms with E-state index in [-0.39, 0.29) is 5.56 Å². The molecule has 1 aromatic carbocycles. The van der Waals surface area contributed by atoms with Gasteiger partial charge in [0.1, 0.15) is 0 Å². The average Bonchev–Trinajstić information content (AvgIpc) is 2.79. The molecule has 0 atom stereocenters. The Hall–Kier alpha value is -1.84. The summed E-state index contributed by atoms with van der Waals surface area (Å²) in [5, 5.41) is 8.23. The van der Waals surface area contributed by atoms with Gasteiger partial charge in [0.25, 0.3) is 0 Å². The van der Waals surface area contributed by atoms with Crippen molar-refractivity contribution in [3.63, 3.8) is 0 Å². The number of unbranched alkanes of at least 4 members (excludes halogenated alkanes) is 3. The first kappa shape index (κ1) is 23.8. The number of rotatable bonds is 11. The second-order valence-corrected chi connectivity index (χ2v) is 9.33. The first-order valence-corrected chi connectivity index (χ1v) is 12.4. The smallest absolute Gasteiger partial charge is 0.168 e. The fourth-order valence-corrected chi connectivity index (χ4v) is 4.90. The summed E-state index contributed by atoms with van der Waals surface area (Å²) in [5.41, 5.74) is 1.94. The Morgan fingerprint density at radius 1 is 0.742 bits per heavy atom. The lowest BCUT2D eigenvalue weighted by Gasteiger charge is -2.28. The van der Waals surface area contributed by atoms with Gasteiger partial charge in [-0.05, 0) is 54.9 Å². The Morgan fingerprint density at radius 3 is 2.13 bits per heavy atom. The van der Waals surface area contributed by atoms with E-state index < -0.39 is 11.6 Å². The number of benzene rings is 1. The Labute approximate surface area is 186 Å². The van der Waals surface area contributed by atoms with Crippen molar-refractivity contribution in [2.24, 2.45) is 11.8 Å². The fraction of sp³-hybridized carbons (Fsp3) is 0.630. The molecule has 0 saturated heterocycles. The second kappa shape index (κ2) is 12.3. The number of aromatic nitrogens is 2. The monoisotopic (exact) mass is 428 g/mol. The van der Waals surface area contributed by atoms with E-state index in [4.69, 9.17) is 0 Å². The highest BCUT2D eigenvalue weighted by atomic mass is 19.2. The summed E-state index contributed by atoms with van der Waals surface area (Å²) < 4.78 is 29.5. The quantitative estimate of drug-likeness (QED) is 0.338. The third-order valence-corrected chi connectivity index (χ3v) is 6.92. The van der Waals surface area contributed by atoms with Crippen LogP contribution in [0.5, 0.6) is 0 Å². The molecule has 170 valence electrons. The van der Waals surface area contributed by atoms with Crippen molar-refractivity contribution in [1.29, 1.82) is 0 Å². The maximum Gasteiger partial charge on any atom is 0.168 e. The molecule has 0 aliphatic heterocycles. The van der Waals surface area contributed by atoms with Gasteiger partial charge in [-0.3, -0.25) is 0 Å². The second-order valence-electron chi connectivity index (χ2n) is 9.33. The highest BCUT2D eigenvalue weighted by Crippen LogP contribution is 2.35. The molecule has 0 spiro atoms. The molecule has 31 heavy (non-hydrogen) atoms. The summed E-state index contributed by atoms with van der Waals surface area (Å²) in [6, 6.07) is 6.96. The van der Waals surface area contributed by atoms with Gasteiger partial charge in [0.2, 0.25) is 0 Å². The van der Waals surface area contributed by atoms with E-state index in [1.54, 1.807) is 18.2 Å². The summed E-state index contributed by atoms with van der Waals surface area (Å²) in [7, 11) is 0. The SMILES string of the molecule is CCCCCCC1CCC(CCc2ccc(-c3ccc(CCC)nn3)c(F)c2F)CC1.